The Hall–Kier alpha value is -2.08. The second-order valence-corrected chi connectivity index (χ2v) is 6.29. The lowest BCUT2D eigenvalue weighted by molar-refractivity contribution is -0.140. The summed E-state index contributed by atoms with van der Waals surface area (Å²) in [6.45, 7) is 7.70. The molecule has 0 saturated heterocycles. The van der Waals surface area contributed by atoms with Crippen LogP contribution in [-0.2, 0) is 9.53 Å². The molecule has 1 atom stereocenters. The van der Waals surface area contributed by atoms with Crippen LogP contribution in [0.15, 0.2) is 18.2 Å². The van der Waals surface area contributed by atoms with Gasteiger partial charge >= 0.3 is 5.97 Å². The zero-order valence-electron chi connectivity index (χ0n) is 14.3. The van der Waals surface area contributed by atoms with Crippen molar-refractivity contribution in [2.45, 2.75) is 45.8 Å². The number of carboxylic acids is 1. The summed E-state index contributed by atoms with van der Waals surface area (Å²) < 4.78 is 10.6. The molecule has 1 aromatic rings. The molecule has 0 aromatic heterocycles. The van der Waals surface area contributed by atoms with E-state index in [1.165, 1.54) is 0 Å². The fraction of sp³-hybridized carbons (Fsp3) is 0.529. The molecule has 23 heavy (non-hydrogen) atoms. The summed E-state index contributed by atoms with van der Waals surface area (Å²) >= 11 is 0. The molecule has 1 amide bonds. The molecule has 1 aromatic carbocycles. The molecule has 0 aliphatic heterocycles. The zero-order valence-corrected chi connectivity index (χ0v) is 14.3. The molecule has 1 rings (SSSR count). The third-order valence-electron chi connectivity index (χ3n) is 3.22. The van der Waals surface area contributed by atoms with Gasteiger partial charge in [-0.05, 0) is 51.5 Å². The Morgan fingerprint density at radius 3 is 2.43 bits per heavy atom. The van der Waals surface area contributed by atoms with E-state index >= 15 is 0 Å². The number of aliphatic carboxylic acids is 1. The molecular weight excluding hydrogens is 298 g/mol. The lowest BCUT2D eigenvalue weighted by Gasteiger charge is -2.21. The summed E-state index contributed by atoms with van der Waals surface area (Å²) in [5.74, 6) is -0.859. The predicted octanol–water partition coefficient (Wildman–Crippen LogP) is 2.39. The number of rotatable bonds is 7. The van der Waals surface area contributed by atoms with Crippen LogP contribution >= 0.6 is 0 Å². The first-order valence-electron chi connectivity index (χ1n) is 7.46. The average molecular weight is 323 g/mol. The lowest BCUT2D eigenvalue weighted by atomic mass is 10.1. The summed E-state index contributed by atoms with van der Waals surface area (Å²) in [7, 11) is 1.55. The van der Waals surface area contributed by atoms with Gasteiger partial charge in [0.1, 0.15) is 11.8 Å². The minimum absolute atomic E-state index is 0.202. The van der Waals surface area contributed by atoms with Crippen LogP contribution in [0.4, 0.5) is 0 Å². The molecule has 1 unspecified atom stereocenters. The Bertz CT molecular complexity index is 563. The van der Waals surface area contributed by atoms with Crippen molar-refractivity contribution in [1.29, 1.82) is 0 Å². The van der Waals surface area contributed by atoms with Gasteiger partial charge in [-0.25, -0.2) is 4.79 Å². The number of benzene rings is 1. The molecule has 128 valence electrons. The van der Waals surface area contributed by atoms with E-state index in [1.54, 1.807) is 32.2 Å². The number of carboxylic acid groups (broad SMARTS) is 1. The van der Waals surface area contributed by atoms with Crippen molar-refractivity contribution in [2.75, 3.05) is 13.7 Å². The first-order chi connectivity index (χ1) is 10.6. The number of methoxy groups -OCH3 is 1. The first kappa shape index (κ1) is 19.0. The van der Waals surface area contributed by atoms with E-state index in [0.29, 0.717) is 11.3 Å². The first-order valence-corrected chi connectivity index (χ1v) is 7.46. The van der Waals surface area contributed by atoms with Crippen LogP contribution in [0.3, 0.4) is 0 Å². The Labute approximate surface area is 136 Å². The summed E-state index contributed by atoms with van der Waals surface area (Å²) in [6.07, 6.45) is 0.202. The molecule has 0 spiro atoms. The van der Waals surface area contributed by atoms with E-state index in [9.17, 15) is 14.7 Å². The maximum Gasteiger partial charge on any atom is 0.326 e. The number of hydrogen-bond acceptors (Lipinski definition) is 4. The number of hydrogen-bond donors (Lipinski definition) is 2. The van der Waals surface area contributed by atoms with E-state index < -0.39 is 17.9 Å². The van der Waals surface area contributed by atoms with Gasteiger partial charge in [-0.3, -0.25) is 4.79 Å². The van der Waals surface area contributed by atoms with Crippen LogP contribution in [0.25, 0.3) is 0 Å². The van der Waals surface area contributed by atoms with E-state index in [-0.39, 0.29) is 18.6 Å². The van der Waals surface area contributed by atoms with Crippen LogP contribution < -0.4 is 10.1 Å². The normalized spacial score (nSPS) is 12.6. The monoisotopic (exact) mass is 323 g/mol. The standard InChI is InChI=1S/C17H25NO5/c1-11-10-12(22-5)6-7-13(11)15(19)18-14(16(20)21)8-9-23-17(2,3)4/h6-7,10,14H,8-9H2,1-5H3,(H,18,19)(H,20,21). The molecule has 0 heterocycles. The Morgan fingerprint density at radius 2 is 1.96 bits per heavy atom. The minimum atomic E-state index is -1.08. The summed E-state index contributed by atoms with van der Waals surface area (Å²) in [6, 6.07) is 4.02. The fourth-order valence-electron chi connectivity index (χ4n) is 1.99. The van der Waals surface area contributed by atoms with Crippen LogP contribution in [0.1, 0.15) is 43.1 Å². The van der Waals surface area contributed by atoms with Crippen LogP contribution in [0.2, 0.25) is 0 Å². The van der Waals surface area contributed by atoms with E-state index in [4.69, 9.17) is 9.47 Å². The largest absolute Gasteiger partial charge is 0.497 e. The second-order valence-electron chi connectivity index (χ2n) is 6.29. The number of nitrogens with one attached hydrogen (secondary N) is 1. The lowest BCUT2D eigenvalue weighted by Crippen LogP contribution is -2.42. The Balaban J connectivity index is 2.72. The Kier molecular flexibility index (Phi) is 6.57. The summed E-state index contributed by atoms with van der Waals surface area (Å²) in [5.41, 5.74) is 0.797. The molecular formula is C17H25NO5. The number of carbonyl (C=O) groups is 2. The highest BCUT2D eigenvalue weighted by Crippen LogP contribution is 2.17. The van der Waals surface area contributed by atoms with Gasteiger partial charge < -0.3 is 19.9 Å². The fourth-order valence-corrected chi connectivity index (χ4v) is 1.99. The van der Waals surface area contributed by atoms with Gasteiger partial charge in [-0.1, -0.05) is 0 Å². The van der Waals surface area contributed by atoms with Gasteiger partial charge in [0.25, 0.3) is 5.91 Å². The van der Waals surface area contributed by atoms with Crippen LogP contribution in [0, 0.1) is 6.92 Å². The minimum Gasteiger partial charge on any atom is -0.497 e. The van der Waals surface area contributed by atoms with Crippen LogP contribution in [-0.4, -0.2) is 42.3 Å². The number of ether oxygens (including phenoxy) is 2. The van der Waals surface area contributed by atoms with Gasteiger partial charge in [-0.2, -0.15) is 0 Å². The molecule has 2 N–H and O–H groups in total. The van der Waals surface area contributed by atoms with Crippen molar-refractivity contribution in [1.82, 2.24) is 5.32 Å². The predicted molar refractivity (Wildman–Crippen MR) is 86.9 cm³/mol. The van der Waals surface area contributed by atoms with Crippen molar-refractivity contribution in [3.05, 3.63) is 29.3 Å². The quantitative estimate of drug-likeness (QED) is 0.805. The van der Waals surface area contributed by atoms with E-state index in [2.05, 4.69) is 5.32 Å². The Morgan fingerprint density at radius 1 is 1.30 bits per heavy atom. The number of carbonyl (C=O) groups excluding carboxylic acids is 1. The number of amides is 1. The van der Waals surface area contributed by atoms with Gasteiger partial charge in [-0.15, -0.1) is 0 Å². The molecule has 0 radical (unpaired) electrons. The highest BCUT2D eigenvalue weighted by Gasteiger charge is 2.22. The molecule has 0 saturated carbocycles. The SMILES string of the molecule is COc1ccc(C(=O)NC(CCOC(C)(C)C)C(=O)O)c(C)c1. The highest BCUT2D eigenvalue weighted by molar-refractivity contribution is 5.97. The molecule has 0 aliphatic rings. The molecule has 0 bridgehead atoms. The number of aryl methyl sites for hydroxylation is 1. The van der Waals surface area contributed by atoms with E-state index in [0.717, 1.165) is 5.56 Å². The van der Waals surface area contributed by atoms with Crippen molar-refractivity contribution >= 4 is 11.9 Å². The van der Waals surface area contributed by atoms with Gasteiger partial charge in [0, 0.05) is 18.6 Å². The van der Waals surface area contributed by atoms with Crippen LogP contribution in [0.5, 0.6) is 5.75 Å². The van der Waals surface area contributed by atoms with Crippen molar-refractivity contribution < 1.29 is 24.2 Å². The average Bonchev–Trinajstić information content (AvgIpc) is 2.44. The maximum absolute atomic E-state index is 12.3. The van der Waals surface area contributed by atoms with Crippen molar-refractivity contribution in [2.24, 2.45) is 0 Å². The van der Waals surface area contributed by atoms with Crippen molar-refractivity contribution in [3.63, 3.8) is 0 Å². The third kappa shape index (κ3) is 6.28. The molecule has 6 nitrogen and oxygen atoms in total. The molecule has 6 heteroatoms. The van der Waals surface area contributed by atoms with Crippen molar-refractivity contribution in [3.8, 4) is 5.75 Å². The van der Waals surface area contributed by atoms with Gasteiger partial charge in [0.2, 0.25) is 0 Å². The summed E-state index contributed by atoms with van der Waals surface area (Å²) in [5, 5.41) is 11.8. The second kappa shape index (κ2) is 7.97. The maximum atomic E-state index is 12.3. The summed E-state index contributed by atoms with van der Waals surface area (Å²) in [4.78, 5) is 23.6. The smallest absolute Gasteiger partial charge is 0.326 e. The zero-order chi connectivity index (χ0) is 17.6. The third-order valence-corrected chi connectivity index (χ3v) is 3.22. The van der Waals surface area contributed by atoms with Gasteiger partial charge in [0.15, 0.2) is 0 Å². The molecule has 0 aliphatic carbocycles. The topological polar surface area (TPSA) is 84.9 Å². The van der Waals surface area contributed by atoms with Gasteiger partial charge in [0.05, 0.1) is 12.7 Å². The highest BCUT2D eigenvalue weighted by atomic mass is 16.5. The van der Waals surface area contributed by atoms with E-state index in [1.807, 2.05) is 20.8 Å². The molecule has 0 fully saturated rings.